The van der Waals surface area contributed by atoms with Crippen LogP contribution in [0.1, 0.15) is 56.3 Å². The molecule has 0 fully saturated rings. The molecule has 1 aliphatic carbocycles. The number of carboxylic acid groups (broad SMARTS) is 1. The van der Waals surface area contributed by atoms with Crippen LogP contribution in [-0.2, 0) is 17.6 Å². The van der Waals surface area contributed by atoms with Gasteiger partial charge in [0.2, 0.25) is 0 Å². The number of hydrogen-bond donors (Lipinski definition) is 2. The number of aryl methyl sites for hydroxylation is 1. The van der Waals surface area contributed by atoms with E-state index in [0.29, 0.717) is 35.2 Å². The molecule has 2 amide bonds. The zero-order valence-electron chi connectivity index (χ0n) is 23.6. The smallest absolute Gasteiger partial charge is 0.305 e. The molecule has 0 bridgehead atoms. The minimum Gasteiger partial charge on any atom is -0.497 e. The summed E-state index contributed by atoms with van der Waals surface area (Å²) in [6.07, 6.45) is 2.12. The Morgan fingerprint density at radius 2 is 1.55 bits per heavy atom. The number of nitrogens with zero attached hydrogens (tertiary/aromatic N) is 1. The van der Waals surface area contributed by atoms with Gasteiger partial charge in [-0.2, -0.15) is 0 Å². The van der Waals surface area contributed by atoms with E-state index in [1.54, 1.807) is 30.2 Å². The first-order valence-corrected chi connectivity index (χ1v) is 14.2. The number of amides is 2. The van der Waals surface area contributed by atoms with E-state index in [1.807, 2.05) is 66.7 Å². The van der Waals surface area contributed by atoms with Crippen LogP contribution in [0.2, 0.25) is 0 Å². The monoisotopic (exact) mass is 562 g/mol. The number of carbonyl (C=O) groups excluding carboxylic acids is 2. The van der Waals surface area contributed by atoms with Gasteiger partial charge in [-0.3, -0.25) is 14.4 Å². The van der Waals surface area contributed by atoms with Crippen LogP contribution in [0.5, 0.6) is 5.75 Å². The molecule has 0 aromatic heterocycles. The average molecular weight is 563 g/mol. The molecule has 42 heavy (non-hydrogen) atoms. The molecular weight excluding hydrogens is 528 g/mol. The Morgan fingerprint density at radius 1 is 0.857 bits per heavy atom. The van der Waals surface area contributed by atoms with Crippen LogP contribution in [0.4, 0.5) is 0 Å². The summed E-state index contributed by atoms with van der Waals surface area (Å²) in [5.74, 6) is -0.736. The minimum absolute atomic E-state index is 0.0652. The van der Waals surface area contributed by atoms with Gasteiger partial charge in [0.15, 0.2) is 0 Å². The SMILES string of the molecule is COc1cccc(CCN(CCC(=O)O)C(=O)c2ccccc2-c2ccccc2C(=O)NC2CCc3ccccc32)c1. The van der Waals surface area contributed by atoms with Gasteiger partial charge >= 0.3 is 5.97 Å². The molecule has 0 saturated heterocycles. The normalized spacial score (nSPS) is 13.7. The molecule has 1 unspecified atom stereocenters. The van der Waals surface area contributed by atoms with Crippen LogP contribution in [0.15, 0.2) is 97.1 Å². The zero-order chi connectivity index (χ0) is 29.5. The van der Waals surface area contributed by atoms with Crippen molar-refractivity contribution in [3.63, 3.8) is 0 Å². The largest absolute Gasteiger partial charge is 0.497 e. The van der Waals surface area contributed by atoms with Gasteiger partial charge in [0, 0.05) is 24.2 Å². The summed E-state index contributed by atoms with van der Waals surface area (Å²) in [5.41, 5.74) is 5.55. The number of rotatable bonds is 11. The lowest BCUT2D eigenvalue weighted by molar-refractivity contribution is -0.137. The number of nitrogens with one attached hydrogen (secondary N) is 1. The summed E-state index contributed by atoms with van der Waals surface area (Å²) in [7, 11) is 1.60. The highest BCUT2D eigenvalue weighted by atomic mass is 16.5. The molecule has 2 N–H and O–H groups in total. The van der Waals surface area contributed by atoms with Crippen molar-refractivity contribution in [1.82, 2.24) is 10.2 Å². The zero-order valence-corrected chi connectivity index (χ0v) is 23.6. The van der Waals surface area contributed by atoms with Gasteiger partial charge in [-0.25, -0.2) is 0 Å². The van der Waals surface area contributed by atoms with Crippen molar-refractivity contribution in [2.24, 2.45) is 0 Å². The van der Waals surface area contributed by atoms with Crippen molar-refractivity contribution in [2.45, 2.75) is 31.7 Å². The van der Waals surface area contributed by atoms with Gasteiger partial charge in [-0.15, -0.1) is 0 Å². The van der Waals surface area contributed by atoms with E-state index in [0.717, 1.165) is 29.7 Å². The van der Waals surface area contributed by atoms with Crippen LogP contribution in [0, 0.1) is 0 Å². The van der Waals surface area contributed by atoms with Crippen LogP contribution in [0.25, 0.3) is 11.1 Å². The molecule has 0 aliphatic heterocycles. The second kappa shape index (κ2) is 13.2. The quantitative estimate of drug-likeness (QED) is 0.236. The number of methoxy groups -OCH3 is 1. The maximum absolute atomic E-state index is 14.0. The minimum atomic E-state index is -0.974. The number of hydrogen-bond acceptors (Lipinski definition) is 4. The molecule has 0 heterocycles. The summed E-state index contributed by atoms with van der Waals surface area (Å²) in [6, 6.07) is 30.2. The maximum Gasteiger partial charge on any atom is 0.305 e. The molecule has 0 saturated carbocycles. The van der Waals surface area contributed by atoms with E-state index in [1.165, 1.54) is 5.56 Å². The van der Waals surface area contributed by atoms with Crippen molar-refractivity contribution in [1.29, 1.82) is 0 Å². The van der Waals surface area contributed by atoms with E-state index >= 15 is 0 Å². The Balaban J connectivity index is 1.42. The van der Waals surface area contributed by atoms with Gasteiger partial charge in [-0.1, -0.05) is 72.8 Å². The van der Waals surface area contributed by atoms with E-state index in [9.17, 15) is 19.5 Å². The molecule has 1 atom stereocenters. The fourth-order valence-electron chi connectivity index (χ4n) is 5.57. The number of benzene rings is 4. The van der Waals surface area contributed by atoms with Gasteiger partial charge in [0.1, 0.15) is 5.75 Å². The Hall–Kier alpha value is -4.91. The molecule has 1 aliphatic rings. The van der Waals surface area contributed by atoms with E-state index < -0.39 is 5.97 Å². The average Bonchev–Trinajstić information content (AvgIpc) is 3.43. The highest BCUT2D eigenvalue weighted by Crippen LogP contribution is 2.33. The second-order valence-electron chi connectivity index (χ2n) is 10.4. The standard InChI is InChI=1S/C35H34N2O5/c1-42-26-11-8-9-24(23-26)19-21-37(22-20-33(38)39)35(41)31-16-7-5-14-29(31)28-13-4-6-15-30(28)34(40)36-32-18-17-25-10-2-3-12-27(25)32/h2-16,23,32H,17-22H2,1H3,(H,36,40)(H,38,39). The predicted octanol–water partition coefficient (Wildman–Crippen LogP) is 5.94. The third kappa shape index (κ3) is 6.52. The summed E-state index contributed by atoms with van der Waals surface area (Å²) in [4.78, 5) is 40.7. The number of ether oxygens (including phenoxy) is 1. The van der Waals surface area contributed by atoms with Crippen LogP contribution in [0.3, 0.4) is 0 Å². The van der Waals surface area contributed by atoms with Crippen molar-refractivity contribution < 1.29 is 24.2 Å². The van der Waals surface area contributed by atoms with Crippen molar-refractivity contribution >= 4 is 17.8 Å². The Bertz CT molecular complexity index is 1600. The fraction of sp³-hybridized carbons (Fsp3) is 0.229. The lowest BCUT2D eigenvalue weighted by Crippen LogP contribution is -2.35. The lowest BCUT2D eigenvalue weighted by atomic mass is 9.94. The van der Waals surface area contributed by atoms with Crippen LogP contribution in [-0.4, -0.2) is 48.0 Å². The van der Waals surface area contributed by atoms with Crippen molar-refractivity contribution in [3.05, 3.63) is 125 Å². The lowest BCUT2D eigenvalue weighted by Gasteiger charge is -2.24. The van der Waals surface area contributed by atoms with Crippen molar-refractivity contribution in [2.75, 3.05) is 20.2 Å². The molecule has 7 heteroatoms. The van der Waals surface area contributed by atoms with Gasteiger partial charge in [0.25, 0.3) is 11.8 Å². The maximum atomic E-state index is 14.0. The second-order valence-corrected chi connectivity index (χ2v) is 10.4. The highest BCUT2D eigenvalue weighted by Gasteiger charge is 2.26. The topological polar surface area (TPSA) is 95.9 Å². The van der Waals surface area contributed by atoms with Crippen molar-refractivity contribution in [3.8, 4) is 16.9 Å². The first-order valence-electron chi connectivity index (χ1n) is 14.2. The summed E-state index contributed by atoms with van der Waals surface area (Å²) < 4.78 is 5.32. The summed E-state index contributed by atoms with van der Waals surface area (Å²) in [5, 5.41) is 12.6. The molecule has 214 valence electrons. The summed E-state index contributed by atoms with van der Waals surface area (Å²) >= 11 is 0. The van der Waals surface area contributed by atoms with Gasteiger partial charge in [0.05, 0.1) is 19.6 Å². The van der Waals surface area contributed by atoms with Crippen LogP contribution < -0.4 is 10.1 Å². The summed E-state index contributed by atoms with van der Waals surface area (Å²) in [6.45, 7) is 0.395. The Kier molecular flexibility index (Phi) is 8.97. The van der Waals surface area contributed by atoms with E-state index in [2.05, 4.69) is 17.4 Å². The third-order valence-electron chi connectivity index (χ3n) is 7.74. The predicted molar refractivity (Wildman–Crippen MR) is 162 cm³/mol. The van der Waals surface area contributed by atoms with E-state index in [-0.39, 0.29) is 30.8 Å². The Labute approximate surface area is 245 Å². The first kappa shape index (κ1) is 28.6. The Morgan fingerprint density at radius 3 is 2.31 bits per heavy atom. The molecule has 5 rings (SSSR count). The highest BCUT2D eigenvalue weighted by molar-refractivity contribution is 6.06. The molecule has 0 spiro atoms. The van der Waals surface area contributed by atoms with E-state index in [4.69, 9.17) is 4.74 Å². The van der Waals surface area contributed by atoms with Crippen LogP contribution >= 0.6 is 0 Å². The number of carbonyl (C=O) groups is 3. The number of aliphatic carboxylic acids is 1. The first-order chi connectivity index (χ1) is 20.4. The molecular formula is C35H34N2O5. The molecule has 0 radical (unpaired) electrons. The number of carboxylic acids is 1. The number of fused-ring (bicyclic) bond motifs is 1. The third-order valence-corrected chi connectivity index (χ3v) is 7.74. The fourth-order valence-corrected chi connectivity index (χ4v) is 5.57. The molecule has 4 aromatic carbocycles. The molecule has 4 aromatic rings. The van der Waals surface area contributed by atoms with Gasteiger partial charge in [-0.05, 0) is 71.3 Å². The molecule has 7 nitrogen and oxygen atoms in total. The van der Waals surface area contributed by atoms with Gasteiger partial charge < -0.3 is 20.1 Å².